The van der Waals surface area contributed by atoms with Crippen molar-refractivity contribution < 1.29 is 19.1 Å². The number of likely N-dealkylation sites (N-methyl/N-ethyl adjacent to an activating group) is 1. The van der Waals surface area contributed by atoms with E-state index in [1.165, 1.54) is 19.1 Å². The highest BCUT2D eigenvalue weighted by Gasteiger charge is 2.32. The van der Waals surface area contributed by atoms with Gasteiger partial charge in [-0.15, -0.1) is 6.42 Å². The molecule has 0 aliphatic heterocycles. The van der Waals surface area contributed by atoms with Gasteiger partial charge in [-0.3, -0.25) is 4.90 Å². The van der Waals surface area contributed by atoms with Gasteiger partial charge < -0.3 is 9.47 Å². The lowest BCUT2D eigenvalue weighted by Gasteiger charge is -2.21. The maximum absolute atomic E-state index is 11.2. The van der Waals surface area contributed by atoms with Crippen molar-refractivity contribution in [3.63, 3.8) is 0 Å². The number of hydrogen-bond acceptors (Lipinski definition) is 5. The molecule has 0 radical (unpaired) electrons. The van der Waals surface area contributed by atoms with E-state index in [2.05, 4.69) is 15.4 Å². The number of carbonyl (C=O) groups is 2. The second-order valence-corrected chi connectivity index (χ2v) is 2.57. The molecule has 14 heavy (non-hydrogen) atoms. The van der Waals surface area contributed by atoms with Crippen LogP contribution < -0.4 is 0 Å². The van der Waals surface area contributed by atoms with E-state index in [1.54, 1.807) is 7.05 Å². The van der Waals surface area contributed by atoms with Crippen LogP contribution in [0.3, 0.4) is 0 Å². The number of esters is 2. The first-order chi connectivity index (χ1) is 6.58. The van der Waals surface area contributed by atoms with Crippen molar-refractivity contribution in [1.82, 2.24) is 4.90 Å². The van der Waals surface area contributed by atoms with Crippen LogP contribution in [0.4, 0.5) is 0 Å². The predicted molar refractivity (Wildman–Crippen MR) is 49.3 cm³/mol. The Kier molecular flexibility index (Phi) is 5.34. The fourth-order valence-electron chi connectivity index (χ4n) is 0.915. The van der Waals surface area contributed by atoms with Crippen LogP contribution in [0.1, 0.15) is 0 Å². The monoisotopic (exact) mass is 199 g/mol. The van der Waals surface area contributed by atoms with Gasteiger partial charge in [0.15, 0.2) is 0 Å². The van der Waals surface area contributed by atoms with Crippen molar-refractivity contribution in [3.8, 4) is 12.3 Å². The number of rotatable bonds is 4. The largest absolute Gasteiger partial charge is 0.467 e. The van der Waals surface area contributed by atoms with Gasteiger partial charge in [0.1, 0.15) is 0 Å². The molecule has 0 aromatic rings. The zero-order valence-electron chi connectivity index (χ0n) is 8.44. The smallest absolute Gasteiger partial charge is 0.334 e. The number of terminal acetylenes is 1. The molecular formula is C9H13NO4. The summed E-state index contributed by atoms with van der Waals surface area (Å²) in [6, 6.07) is -1.10. The second-order valence-electron chi connectivity index (χ2n) is 2.57. The van der Waals surface area contributed by atoms with Crippen molar-refractivity contribution in [1.29, 1.82) is 0 Å². The van der Waals surface area contributed by atoms with Gasteiger partial charge in [-0.25, -0.2) is 9.59 Å². The molecule has 5 nitrogen and oxygen atoms in total. The van der Waals surface area contributed by atoms with Gasteiger partial charge in [0.25, 0.3) is 0 Å². The van der Waals surface area contributed by atoms with Crippen LogP contribution in [-0.2, 0) is 19.1 Å². The van der Waals surface area contributed by atoms with Crippen molar-refractivity contribution in [3.05, 3.63) is 0 Å². The van der Waals surface area contributed by atoms with Gasteiger partial charge >= 0.3 is 11.9 Å². The molecule has 0 rings (SSSR count). The molecule has 0 fully saturated rings. The Morgan fingerprint density at radius 1 is 1.36 bits per heavy atom. The predicted octanol–water partition coefficient (Wildman–Crippen LogP) is -0.734. The Bertz CT molecular complexity index is 240. The lowest BCUT2D eigenvalue weighted by Crippen LogP contribution is -2.46. The molecule has 0 aliphatic rings. The van der Waals surface area contributed by atoms with Crippen LogP contribution in [0.25, 0.3) is 0 Å². The Balaban J connectivity index is 4.64. The second kappa shape index (κ2) is 6.00. The van der Waals surface area contributed by atoms with Crippen LogP contribution in [0, 0.1) is 12.3 Å². The fraction of sp³-hybridized carbons (Fsp3) is 0.556. The minimum Gasteiger partial charge on any atom is -0.467 e. The van der Waals surface area contributed by atoms with Gasteiger partial charge in [-0.1, -0.05) is 5.92 Å². The molecule has 0 aromatic carbocycles. The summed E-state index contributed by atoms with van der Waals surface area (Å²) in [5.74, 6) is 0.945. The van der Waals surface area contributed by atoms with E-state index >= 15 is 0 Å². The van der Waals surface area contributed by atoms with Gasteiger partial charge in [0.2, 0.25) is 6.04 Å². The van der Waals surface area contributed by atoms with Gasteiger partial charge in [0, 0.05) is 0 Å². The van der Waals surface area contributed by atoms with Crippen LogP contribution in [0.15, 0.2) is 0 Å². The number of nitrogens with zero attached hydrogens (tertiary/aromatic N) is 1. The van der Waals surface area contributed by atoms with E-state index in [-0.39, 0.29) is 6.54 Å². The van der Waals surface area contributed by atoms with Gasteiger partial charge in [0.05, 0.1) is 20.8 Å². The van der Waals surface area contributed by atoms with E-state index in [1.807, 2.05) is 0 Å². The van der Waals surface area contributed by atoms with Crippen molar-refractivity contribution in [2.75, 3.05) is 27.8 Å². The summed E-state index contributed by atoms with van der Waals surface area (Å²) in [5, 5.41) is 0. The molecular weight excluding hydrogens is 186 g/mol. The average Bonchev–Trinajstić information content (AvgIpc) is 2.17. The minimum atomic E-state index is -1.10. The minimum absolute atomic E-state index is 0.162. The summed E-state index contributed by atoms with van der Waals surface area (Å²) < 4.78 is 8.91. The molecule has 0 N–H and O–H groups in total. The van der Waals surface area contributed by atoms with Crippen LogP contribution in [0.2, 0.25) is 0 Å². The quantitative estimate of drug-likeness (QED) is 0.339. The van der Waals surface area contributed by atoms with E-state index in [9.17, 15) is 9.59 Å². The third kappa shape index (κ3) is 3.07. The van der Waals surface area contributed by atoms with Crippen molar-refractivity contribution in [2.24, 2.45) is 0 Å². The van der Waals surface area contributed by atoms with Crippen molar-refractivity contribution in [2.45, 2.75) is 6.04 Å². The average molecular weight is 199 g/mol. The van der Waals surface area contributed by atoms with E-state index in [0.29, 0.717) is 0 Å². The van der Waals surface area contributed by atoms with E-state index in [4.69, 9.17) is 6.42 Å². The SMILES string of the molecule is C#CCN(C)C(C(=O)OC)C(=O)OC. The van der Waals surface area contributed by atoms with Crippen LogP contribution in [0.5, 0.6) is 0 Å². The highest BCUT2D eigenvalue weighted by Crippen LogP contribution is 2.00. The van der Waals surface area contributed by atoms with Gasteiger partial charge in [-0.05, 0) is 7.05 Å². The third-order valence-electron chi connectivity index (χ3n) is 1.63. The molecule has 0 amide bonds. The molecule has 0 atom stereocenters. The Morgan fingerprint density at radius 2 is 1.79 bits per heavy atom. The topological polar surface area (TPSA) is 55.8 Å². The molecule has 0 unspecified atom stereocenters. The Labute approximate surface area is 83.0 Å². The number of hydrogen-bond donors (Lipinski definition) is 0. The number of carbonyl (C=O) groups excluding carboxylic acids is 2. The third-order valence-corrected chi connectivity index (χ3v) is 1.63. The molecule has 0 spiro atoms. The van der Waals surface area contributed by atoms with Crippen LogP contribution >= 0.6 is 0 Å². The standard InChI is InChI=1S/C9H13NO4/c1-5-6-10(2)7(8(11)13-3)9(12)14-4/h1,7H,6H2,2-4H3. The number of ether oxygens (including phenoxy) is 2. The summed E-state index contributed by atoms with van der Waals surface area (Å²) in [6.45, 7) is 0.162. The highest BCUT2D eigenvalue weighted by atomic mass is 16.5. The fourth-order valence-corrected chi connectivity index (χ4v) is 0.915. The lowest BCUT2D eigenvalue weighted by molar-refractivity contribution is -0.159. The normalized spacial score (nSPS) is 9.71. The van der Waals surface area contributed by atoms with Crippen LogP contribution in [-0.4, -0.2) is 50.7 Å². The molecule has 0 bridgehead atoms. The zero-order valence-corrected chi connectivity index (χ0v) is 8.44. The molecule has 0 heterocycles. The zero-order chi connectivity index (χ0) is 11.1. The van der Waals surface area contributed by atoms with Crippen molar-refractivity contribution >= 4 is 11.9 Å². The molecule has 5 heteroatoms. The summed E-state index contributed by atoms with van der Waals surface area (Å²) >= 11 is 0. The maximum atomic E-state index is 11.2. The summed E-state index contributed by atoms with van der Waals surface area (Å²) in [7, 11) is 3.93. The van der Waals surface area contributed by atoms with Gasteiger partial charge in [-0.2, -0.15) is 0 Å². The highest BCUT2D eigenvalue weighted by molar-refractivity contribution is 5.99. The van der Waals surface area contributed by atoms with E-state index in [0.717, 1.165) is 0 Å². The first kappa shape index (κ1) is 12.5. The summed E-state index contributed by atoms with van der Waals surface area (Å²) in [5.41, 5.74) is 0. The Hall–Kier alpha value is -1.54. The lowest BCUT2D eigenvalue weighted by atomic mass is 10.2. The molecule has 0 aliphatic carbocycles. The molecule has 0 saturated heterocycles. The molecule has 78 valence electrons. The number of methoxy groups -OCH3 is 2. The summed E-state index contributed by atoms with van der Waals surface area (Å²) in [6.07, 6.45) is 5.05. The van der Waals surface area contributed by atoms with E-state index < -0.39 is 18.0 Å². The molecule has 0 aromatic heterocycles. The Morgan fingerprint density at radius 3 is 2.07 bits per heavy atom. The molecule has 0 saturated carbocycles. The maximum Gasteiger partial charge on any atom is 0.334 e. The first-order valence-electron chi connectivity index (χ1n) is 3.87. The summed E-state index contributed by atoms with van der Waals surface area (Å²) in [4.78, 5) is 23.8. The first-order valence-corrected chi connectivity index (χ1v) is 3.87.